The minimum absolute atomic E-state index is 0.0481. The molecule has 2 aliphatic carbocycles. The Kier molecular flexibility index (Phi) is 3.78. The quantitative estimate of drug-likeness (QED) is 0.821. The van der Waals surface area contributed by atoms with Gasteiger partial charge in [0, 0.05) is 0 Å². The van der Waals surface area contributed by atoms with E-state index in [1.54, 1.807) is 6.92 Å². The number of hydrogen-bond acceptors (Lipinski definition) is 3. The Morgan fingerprint density at radius 3 is 2.80 bits per heavy atom. The first-order valence-corrected chi connectivity index (χ1v) is 9.00. The maximum Gasteiger partial charge on any atom is 0.325 e. The van der Waals surface area contributed by atoms with Crippen molar-refractivity contribution in [3.05, 3.63) is 35.4 Å². The zero-order chi connectivity index (χ0) is 17.6. The van der Waals surface area contributed by atoms with Gasteiger partial charge in [0.1, 0.15) is 12.1 Å². The summed E-state index contributed by atoms with van der Waals surface area (Å²) < 4.78 is 0. The third kappa shape index (κ3) is 2.79. The molecular weight excluding hydrogens is 318 g/mol. The molecule has 6 nitrogen and oxygen atoms in total. The number of nitrogens with one attached hydrogen (secondary N) is 2. The molecule has 0 bridgehead atoms. The molecule has 25 heavy (non-hydrogen) atoms. The largest absolute Gasteiger partial charge is 0.348 e. The summed E-state index contributed by atoms with van der Waals surface area (Å²) in [5.74, 6) is -0.369. The summed E-state index contributed by atoms with van der Waals surface area (Å²) in [5, 5.41) is 5.78. The highest BCUT2D eigenvalue weighted by molar-refractivity contribution is 6.09. The van der Waals surface area contributed by atoms with E-state index in [1.807, 2.05) is 18.2 Å². The van der Waals surface area contributed by atoms with Crippen molar-refractivity contribution in [3.8, 4) is 0 Å². The SMILES string of the molecule is C[C@@]1(C2CC2)NC(=O)N(CC(=O)N[C@@H]2CCCc3ccccc32)C1=O. The van der Waals surface area contributed by atoms with Gasteiger partial charge in [-0.1, -0.05) is 24.3 Å². The van der Waals surface area contributed by atoms with Crippen molar-refractivity contribution in [3.63, 3.8) is 0 Å². The Labute approximate surface area is 147 Å². The minimum atomic E-state index is -0.838. The Hall–Kier alpha value is -2.37. The first-order valence-electron chi connectivity index (χ1n) is 9.00. The van der Waals surface area contributed by atoms with Crippen LogP contribution in [0.1, 0.15) is 49.8 Å². The molecular formula is C19H23N3O3. The van der Waals surface area contributed by atoms with Gasteiger partial charge in [-0.2, -0.15) is 0 Å². The molecule has 1 heterocycles. The summed E-state index contributed by atoms with van der Waals surface area (Å²) >= 11 is 0. The third-order valence-electron chi connectivity index (χ3n) is 5.70. The lowest BCUT2D eigenvalue weighted by Crippen LogP contribution is -2.47. The van der Waals surface area contributed by atoms with Crippen LogP contribution in [0.15, 0.2) is 24.3 Å². The Morgan fingerprint density at radius 1 is 1.28 bits per heavy atom. The highest BCUT2D eigenvalue weighted by Crippen LogP contribution is 2.42. The molecule has 2 N–H and O–H groups in total. The van der Waals surface area contributed by atoms with Gasteiger partial charge in [0.15, 0.2) is 0 Å². The van der Waals surface area contributed by atoms with E-state index in [0.29, 0.717) is 0 Å². The van der Waals surface area contributed by atoms with Gasteiger partial charge in [-0.05, 0) is 56.1 Å². The standard InChI is InChI=1S/C19H23N3O3/c1-19(13-9-10-13)17(24)22(18(25)21-19)11-16(23)20-15-8-4-6-12-5-2-3-7-14(12)15/h2-3,5,7,13,15H,4,6,8-11H2,1H3,(H,20,23)(H,21,25)/t15-,19+/m1/s1. The summed E-state index contributed by atoms with van der Waals surface area (Å²) in [4.78, 5) is 38.3. The van der Waals surface area contributed by atoms with Crippen molar-refractivity contribution in [2.45, 2.75) is 50.6 Å². The average Bonchev–Trinajstić information content (AvgIpc) is 3.42. The number of rotatable bonds is 4. The molecule has 4 amide bonds. The van der Waals surface area contributed by atoms with Gasteiger partial charge in [-0.25, -0.2) is 4.79 Å². The number of carbonyl (C=O) groups excluding carboxylic acids is 3. The lowest BCUT2D eigenvalue weighted by molar-refractivity contribution is -0.135. The molecule has 2 fully saturated rings. The Bertz CT molecular complexity index is 743. The molecule has 0 aromatic heterocycles. The lowest BCUT2D eigenvalue weighted by Gasteiger charge is -2.27. The van der Waals surface area contributed by atoms with E-state index < -0.39 is 11.6 Å². The van der Waals surface area contributed by atoms with E-state index >= 15 is 0 Å². The van der Waals surface area contributed by atoms with Crippen molar-refractivity contribution in [1.29, 1.82) is 0 Å². The number of amides is 4. The van der Waals surface area contributed by atoms with Crippen molar-refractivity contribution in [2.24, 2.45) is 5.92 Å². The second-order valence-electron chi connectivity index (χ2n) is 7.51. The van der Waals surface area contributed by atoms with E-state index in [4.69, 9.17) is 0 Å². The maximum atomic E-state index is 12.6. The van der Waals surface area contributed by atoms with Gasteiger partial charge in [0.25, 0.3) is 5.91 Å². The van der Waals surface area contributed by atoms with Crippen LogP contribution in [0.2, 0.25) is 0 Å². The number of aryl methyl sites for hydroxylation is 1. The van der Waals surface area contributed by atoms with Crippen LogP contribution in [-0.2, 0) is 16.0 Å². The molecule has 0 radical (unpaired) electrons. The fourth-order valence-electron chi connectivity index (χ4n) is 4.08. The van der Waals surface area contributed by atoms with E-state index in [2.05, 4.69) is 16.7 Å². The molecule has 1 saturated carbocycles. The predicted octanol–water partition coefficient (Wildman–Crippen LogP) is 1.90. The van der Waals surface area contributed by atoms with E-state index in [0.717, 1.165) is 42.6 Å². The number of nitrogens with zero attached hydrogens (tertiary/aromatic N) is 1. The first-order chi connectivity index (χ1) is 12.0. The molecule has 6 heteroatoms. The Balaban J connectivity index is 1.43. The smallest absolute Gasteiger partial charge is 0.325 e. The zero-order valence-corrected chi connectivity index (χ0v) is 14.4. The minimum Gasteiger partial charge on any atom is -0.348 e. The number of imide groups is 1. The van der Waals surface area contributed by atoms with Crippen molar-refractivity contribution < 1.29 is 14.4 Å². The number of urea groups is 1. The molecule has 1 saturated heterocycles. The molecule has 2 atom stereocenters. The van der Waals surface area contributed by atoms with E-state index in [1.165, 1.54) is 5.56 Å². The van der Waals surface area contributed by atoms with Crippen molar-refractivity contribution in [1.82, 2.24) is 15.5 Å². The number of fused-ring (bicyclic) bond motifs is 1. The fourth-order valence-corrected chi connectivity index (χ4v) is 4.08. The summed E-state index contributed by atoms with van der Waals surface area (Å²) in [6.07, 6.45) is 4.81. The molecule has 132 valence electrons. The molecule has 1 aromatic rings. The molecule has 1 aliphatic heterocycles. The van der Waals surface area contributed by atoms with Gasteiger partial charge in [0.05, 0.1) is 6.04 Å². The van der Waals surface area contributed by atoms with Crippen molar-refractivity contribution >= 4 is 17.8 Å². The van der Waals surface area contributed by atoms with Crippen LogP contribution in [-0.4, -0.2) is 34.8 Å². The van der Waals surface area contributed by atoms with Crippen molar-refractivity contribution in [2.75, 3.05) is 6.54 Å². The van der Waals surface area contributed by atoms with Crippen LogP contribution in [0.4, 0.5) is 4.79 Å². The molecule has 4 rings (SSSR count). The monoisotopic (exact) mass is 341 g/mol. The number of carbonyl (C=O) groups is 3. The highest BCUT2D eigenvalue weighted by atomic mass is 16.2. The number of hydrogen-bond donors (Lipinski definition) is 2. The van der Waals surface area contributed by atoms with Crippen LogP contribution < -0.4 is 10.6 Å². The summed E-state index contributed by atoms with van der Waals surface area (Å²) in [7, 11) is 0. The summed E-state index contributed by atoms with van der Waals surface area (Å²) in [5.41, 5.74) is 1.56. The first kappa shape index (κ1) is 16.1. The topological polar surface area (TPSA) is 78.5 Å². The van der Waals surface area contributed by atoms with E-state index in [-0.39, 0.29) is 30.3 Å². The molecule has 3 aliphatic rings. The third-order valence-corrected chi connectivity index (χ3v) is 5.70. The molecule has 0 unspecified atom stereocenters. The van der Waals surface area contributed by atoms with Gasteiger partial charge >= 0.3 is 6.03 Å². The van der Waals surface area contributed by atoms with Gasteiger partial charge in [-0.3, -0.25) is 14.5 Å². The van der Waals surface area contributed by atoms with Gasteiger partial charge < -0.3 is 10.6 Å². The van der Waals surface area contributed by atoms with Crippen LogP contribution in [0.5, 0.6) is 0 Å². The number of benzene rings is 1. The van der Waals surface area contributed by atoms with E-state index in [9.17, 15) is 14.4 Å². The van der Waals surface area contributed by atoms with Crippen LogP contribution in [0.25, 0.3) is 0 Å². The fraction of sp³-hybridized carbons (Fsp3) is 0.526. The highest BCUT2D eigenvalue weighted by Gasteiger charge is 2.56. The average molecular weight is 341 g/mol. The van der Waals surface area contributed by atoms with Crippen LogP contribution >= 0.6 is 0 Å². The van der Waals surface area contributed by atoms with Crippen LogP contribution in [0, 0.1) is 5.92 Å². The molecule has 1 aromatic carbocycles. The summed E-state index contributed by atoms with van der Waals surface area (Å²) in [6, 6.07) is 7.60. The predicted molar refractivity (Wildman–Crippen MR) is 91.6 cm³/mol. The second-order valence-corrected chi connectivity index (χ2v) is 7.51. The normalized spacial score (nSPS) is 28.5. The second kappa shape index (κ2) is 5.86. The summed E-state index contributed by atoms with van der Waals surface area (Å²) in [6.45, 7) is 1.55. The van der Waals surface area contributed by atoms with Gasteiger partial charge in [-0.15, -0.1) is 0 Å². The maximum absolute atomic E-state index is 12.6. The van der Waals surface area contributed by atoms with Crippen LogP contribution in [0.3, 0.4) is 0 Å². The Morgan fingerprint density at radius 2 is 2.04 bits per heavy atom. The van der Waals surface area contributed by atoms with Gasteiger partial charge in [0.2, 0.25) is 5.91 Å². The lowest BCUT2D eigenvalue weighted by atomic mass is 9.88. The zero-order valence-electron chi connectivity index (χ0n) is 14.4. The molecule has 0 spiro atoms.